The maximum atomic E-state index is 12.6. The second-order valence-corrected chi connectivity index (χ2v) is 6.78. The van der Waals surface area contributed by atoms with Gasteiger partial charge >= 0.3 is 0 Å². The lowest BCUT2D eigenvalue weighted by Gasteiger charge is -2.13. The average Bonchev–Trinajstić information content (AvgIpc) is 3.32. The van der Waals surface area contributed by atoms with Crippen LogP contribution in [0.15, 0.2) is 65.2 Å². The highest BCUT2D eigenvalue weighted by molar-refractivity contribution is 6.00. The highest BCUT2D eigenvalue weighted by atomic mass is 16.4. The number of nitrogens with zero attached hydrogens (tertiary/aromatic N) is 1. The number of oxazole rings is 1. The smallest absolute Gasteiger partial charge is 0.252 e. The molecule has 0 saturated heterocycles. The Hall–Kier alpha value is -2.92. The summed E-state index contributed by atoms with van der Waals surface area (Å²) in [5.74, 6) is 0.894. The Labute approximate surface area is 151 Å². The Morgan fingerprint density at radius 3 is 2.58 bits per heavy atom. The van der Waals surface area contributed by atoms with Crippen molar-refractivity contribution in [2.45, 2.75) is 12.8 Å². The van der Waals surface area contributed by atoms with Gasteiger partial charge in [-0.15, -0.1) is 0 Å². The molecular weight excluding hydrogens is 328 g/mol. The molecule has 5 nitrogen and oxygen atoms in total. The Kier molecular flexibility index (Phi) is 4.31. The summed E-state index contributed by atoms with van der Waals surface area (Å²) < 4.78 is 5.89. The number of carbonyl (C=O) groups is 1. The summed E-state index contributed by atoms with van der Waals surface area (Å²) in [7, 11) is 0. The Morgan fingerprint density at radius 1 is 1.12 bits per heavy atom. The number of aliphatic hydroxyl groups is 1. The van der Waals surface area contributed by atoms with Crippen LogP contribution in [0.2, 0.25) is 0 Å². The van der Waals surface area contributed by atoms with Crippen molar-refractivity contribution in [1.82, 2.24) is 10.3 Å². The molecule has 0 atom stereocenters. The number of rotatable bonds is 6. The van der Waals surface area contributed by atoms with Gasteiger partial charge in [0.2, 0.25) is 5.89 Å². The Morgan fingerprint density at radius 2 is 1.85 bits per heavy atom. The third-order valence-corrected chi connectivity index (χ3v) is 4.88. The maximum Gasteiger partial charge on any atom is 0.252 e. The number of carbonyl (C=O) groups excluding carboxylic acids is 1. The van der Waals surface area contributed by atoms with Crippen molar-refractivity contribution in [3.05, 3.63) is 66.4 Å². The van der Waals surface area contributed by atoms with Crippen molar-refractivity contribution in [2.75, 3.05) is 13.2 Å². The first-order chi connectivity index (χ1) is 12.7. The molecule has 1 fully saturated rings. The van der Waals surface area contributed by atoms with E-state index in [4.69, 9.17) is 4.42 Å². The maximum absolute atomic E-state index is 12.6. The normalized spacial score (nSPS) is 14.8. The fourth-order valence-electron chi connectivity index (χ4n) is 2.93. The van der Waals surface area contributed by atoms with Crippen LogP contribution >= 0.6 is 0 Å². The minimum atomic E-state index is -0.181. The van der Waals surface area contributed by atoms with Crippen molar-refractivity contribution in [3.63, 3.8) is 0 Å². The number of amides is 1. The lowest BCUT2D eigenvalue weighted by atomic mass is 10.1. The lowest BCUT2D eigenvalue weighted by molar-refractivity contribution is 0.0935. The minimum absolute atomic E-state index is 0.106. The SMILES string of the molecule is O=C(NCC1(CO)CC1)c1ccccc1-c1ncc(-c2ccccc2)o1. The van der Waals surface area contributed by atoms with Crippen molar-refractivity contribution in [1.29, 1.82) is 0 Å². The van der Waals surface area contributed by atoms with Crippen LogP contribution in [0.1, 0.15) is 23.2 Å². The van der Waals surface area contributed by atoms with Crippen LogP contribution in [0, 0.1) is 5.41 Å². The molecule has 132 valence electrons. The van der Waals surface area contributed by atoms with Gasteiger partial charge in [0.1, 0.15) is 0 Å². The molecule has 2 aromatic carbocycles. The standard InChI is InChI=1S/C21H20N2O3/c24-14-21(10-11-21)13-23-19(25)16-8-4-5-9-17(16)20-22-12-18(26-20)15-6-2-1-3-7-15/h1-9,12,24H,10-11,13-14H2,(H,23,25). The molecule has 26 heavy (non-hydrogen) atoms. The van der Waals surface area contributed by atoms with Gasteiger partial charge < -0.3 is 14.8 Å². The van der Waals surface area contributed by atoms with Crippen LogP contribution in [-0.4, -0.2) is 29.1 Å². The molecule has 0 aliphatic heterocycles. The minimum Gasteiger partial charge on any atom is -0.436 e. The summed E-state index contributed by atoms with van der Waals surface area (Å²) >= 11 is 0. The van der Waals surface area contributed by atoms with Crippen LogP contribution in [0.3, 0.4) is 0 Å². The zero-order valence-electron chi connectivity index (χ0n) is 14.3. The van der Waals surface area contributed by atoms with E-state index in [0.29, 0.717) is 29.3 Å². The summed E-state index contributed by atoms with van der Waals surface area (Å²) in [4.78, 5) is 17.0. The Bertz CT molecular complexity index is 914. The Balaban J connectivity index is 1.58. The molecule has 0 unspecified atom stereocenters. The van der Waals surface area contributed by atoms with Gasteiger partial charge in [0, 0.05) is 23.1 Å². The van der Waals surface area contributed by atoms with E-state index in [1.165, 1.54) is 0 Å². The van der Waals surface area contributed by atoms with Crippen molar-refractivity contribution in [2.24, 2.45) is 5.41 Å². The first kappa shape index (κ1) is 16.5. The van der Waals surface area contributed by atoms with Crippen LogP contribution in [0.5, 0.6) is 0 Å². The second-order valence-electron chi connectivity index (χ2n) is 6.78. The number of nitrogens with one attached hydrogen (secondary N) is 1. The van der Waals surface area contributed by atoms with E-state index in [1.54, 1.807) is 12.3 Å². The van der Waals surface area contributed by atoms with Gasteiger partial charge in [-0.05, 0) is 25.0 Å². The van der Waals surface area contributed by atoms with E-state index in [1.807, 2.05) is 48.5 Å². The molecule has 1 aromatic heterocycles. The van der Waals surface area contributed by atoms with Crippen molar-refractivity contribution in [3.8, 4) is 22.8 Å². The first-order valence-electron chi connectivity index (χ1n) is 8.70. The number of hydrogen-bond donors (Lipinski definition) is 2. The van der Waals surface area contributed by atoms with E-state index < -0.39 is 0 Å². The zero-order chi connectivity index (χ0) is 18.0. The summed E-state index contributed by atoms with van der Waals surface area (Å²) in [6, 6.07) is 17.0. The van der Waals surface area contributed by atoms with Crippen LogP contribution in [-0.2, 0) is 0 Å². The predicted octanol–water partition coefficient (Wildman–Crippen LogP) is 3.51. The highest BCUT2D eigenvalue weighted by Gasteiger charge is 2.42. The molecule has 3 aromatic rings. The van der Waals surface area contributed by atoms with Gasteiger partial charge in [-0.2, -0.15) is 0 Å². The van der Waals surface area contributed by atoms with Gasteiger partial charge in [0.05, 0.1) is 18.4 Å². The highest BCUT2D eigenvalue weighted by Crippen LogP contribution is 2.44. The van der Waals surface area contributed by atoms with Gasteiger partial charge in [0.15, 0.2) is 5.76 Å². The third kappa shape index (κ3) is 3.26. The number of aliphatic hydroxyl groups excluding tert-OH is 1. The lowest BCUT2D eigenvalue weighted by Crippen LogP contribution is -2.32. The van der Waals surface area contributed by atoms with Gasteiger partial charge in [-0.3, -0.25) is 4.79 Å². The molecule has 1 amide bonds. The third-order valence-electron chi connectivity index (χ3n) is 4.88. The van der Waals surface area contributed by atoms with E-state index in [0.717, 1.165) is 18.4 Å². The molecule has 5 heteroatoms. The molecule has 1 aliphatic rings. The van der Waals surface area contributed by atoms with Gasteiger partial charge in [0.25, 0.3) is 5.91 Å². The largest absolute Gasteiger partial charge is 0.436 e. The summed E-state index contributed by atoms with van der Waals surface area (Å²) in [5.41, 5.74) is 1.98. The molecular formula is C21H20N2O3. The summed E-state index contributed by atoms with van der Waals surface area (Å²) in [6.07, 6.45) is 3.57. The van der Waals surface area contributed by atoms with Gasteiger partial charge in [-0.1, -0.05) is 42.5 Å². The molecule has 4 rings (SSSR count). The molecule has 0 radical (unpaired) electrons. The molecule has 1 saturated carbocycles. The molecule has 1 heterocycles. The average molecular weight is 348 g/mol. The topological polar surface area (TPSA) is 75.4 Å². The number of hydrogen-bond acceptors (Lipinski definition) is 4. The molecule has 2 N–H and O–H groups in total. The van der Waals surface area contributed by atoms with E-state index in [2.05, 4.69) is 10.3 Å². The predicted molar refractivity (Wildman–Crippen MR) is 98.5 cm³/mol. The quantitative estimate of drug-likeness (QED) is 0.715. The van der Waals surface area contributed by atoms with E-state index in [-0.39, 0.29) is 17.9 Å². The van der Waals surface area contributed by atoms with E-state index >= 15 is 0 Å². The van der Waals surface area contributed by atoms with Crippen molar-refractivity contribution >= 4 is 5.91 Å². The van der Waals surface area contributed by atoms with Gasteiger partial charge in [-0.25, -0.2) is 4.98 Å². The van der Waals surface area contributed by atoms with Crippen LogP contribution < -0.4 is 5.32 Å². The van der Waals surface area contributed by atoms with Crippen LogP contribution in [0.25, 0.3) is 22.8 Å². The second kappa shape index (κ2) is 6.77. The summed E-state index contributed by atoms with van der Waals surface area (Å²) in [5, 5.41) is 12.3. The fourth-order valence-corrected chi connectivity index (χ4v) is 2.93. The monoisotopic (exact) mass is 348 g/mol. The number of benzene rings is 2. The van der Waals surface area contributed by atoms with Crippen molar-refractivity contribution < 1.29 is 14.3 Å². The molecule has 1 aliphatic carbocycles. The number of aromatic nitrogens is 1. The molecule has 0 spiro atoms. The van der Waals surface area contributed by atoms with E-state index in [9.17, 15) is 9.90 Å². The molecule has 0 bridgehead atoms. The fraction of sp³-hybridized carbons (Fsp3) is 0.238. The zero-order valence-corrected chi connectivity index (χ0v) is 14.3. The first-order valence-corrected chi connectivity index (χ1v) is 8.70. The summed E-state index contributed by atoms with van der Waals surface area (Å²) in [6.45, 7) is 0.590. The van der Waals surface area contributed by atoms with Crippen LogP contribution in [0.4, 0.5) is 0 Å².